The molecule has 0 saturated carbocycles. The van der Waals surface area contributed by atoms with Crippen LogP contribution in [0, 0.1) is 13.8 Å². The molecule has 2 N–H and O–H groups in total. The first-order chi connectivity index (χ1) is 14.8. The summed E-state index contributed by atoms with van der Waals surface area (Å²) in [7, 11) is -3.85. The predicted octanol–water partition coefficient (Wildman–Crippen LogP) is 4.59. The number of aryl methyl sites for hydroxylation is 2. The zero-order valence-corrected chi connectivity index (χ0v) is 19.0. The number of amides is 1. The Morgan fingerprint density at radius 3 is 2.42 bits per heavy atom. The lowest BCUT2D eigenvalue weighted by molar-refractivity contribution is 0.0955. The molecule has 0 aromatic heterocycles. The van der Waals surface area contributed by atoms with Crippen molar-refractivity contribution in [2.45, 2.75) is 23.6 Å². The monoisotopic (exact) mass is 453 g/mol. The molecular weight excluding hydrogens is 430 g/mol. The Balaban J connectivity index is 1.72. The van der Waals surface area contributed by atoms with Crippen molar-refractivity contribution in [3.05, 3.63) is 89.0 Å². The Morgan fingerprint density at radius 1 is 1.00 bits per heavy atom. The van der Waals surface area contributed by atoms with Crippen molar-refractivity contribution >= 4 is 39.6 Å². The summed E-state index contributed by atoms with van der Waals surface area (Å²) in [5.41, 5.74) is 5.82. The highest BCUT2D eigenvalue weighted by atomic mass is 32.2. The van der Waals surface area contributed by atoms with Gasteiger partial charge in [-0.2, -0.15) is 5.10 Å². The largest absolute Gasteiger partial charge is 0.279 e. The number of carbonyl (C=O) groups is 1. The number of benzene rings is 3. The lowest BCUT2D eigenvalue weighted by Crippen LogP contribution is -2.19. The van der Waals surface area contributed by atoms with Crippen molar-refractivity contribution in [3.63, 3.8) is 0 Å². The number of sulfonamides is 1. The fourth-order valence-electron chi connectivity index (χ4n) is 2.86. The minimum absolute atomic E-state index is 0.00300. The molecule has 0 heterocycles. The van der Waals surface area contributed by atoms with Crippen molar-refractivity contribution in [3.8, 4) is 0 Å². The van der Waals surface area contributed by atoms with Gasteiger partial charge in [-0.1, -0.05) is 35.9 Å². The van der Waals surface area contributed by atoms with E-state index in [9.17, 15) is 13.2 Å². The molecule has 0 aliphatic carbocycles. The van der Waals surface area contributed by atoms with Crippen LogP contribution in [-0.4, -0.2) is 26.8 Å². The lowest BCUT2D eigenvalue weighted by Gasteiger charge is -2.12. The van der Waals surface area contributed by atoms with Gasteiger partial charge in [0.05, 0.1) is 16.8 Å². The van der Waals surface area contributed by atoms with E-state index in [1.54, 1.807) is 17.8 Å². The van der Waals surface area contributed by atoms with Crippen LogP contribution >= 0.6 is 11.8 Å². The number of thioether (sulfide) groups is 1. The number of nitrogens with one attached hydrogen (secondary N) is 2. The van der Waals surface area contributed by atoms with Gasteiger partial charge in [0, 0.05) is 10.5 Å². The summed E-state index contributed by atoms with van der Waals surface area (Å²) in [6.45, 7) is 3.77. The van der Waals surface area contributed by atoms with Crippen molar-refractivity contribution in [2.24, 2.45) is 5.10 Å². The lowest BCUT2D eigenvalue weighted by atomic mass is 10.1. The summed E-state index contributed by atoms with van der Waals surface area (Å²) in [5.74, 6) is -0.499. The zero-order chi connectivity index (χ0) is 22.4. The van der Waals surface area contributed by atoms with E-state index in [4.69, 9.17) is 0 Å². The molecule has 6 nitrogen and oxygen atoms in total. The molecule has 0 unspecified atom stereocenters. The van der Waals surface area contributed by atoms with E-state index in [-0.39, 0.29) is 10.5 Å². The highest BCUT2D eigenvalue weighted by Gasteiger charge is 2.17. The molecule has 31 heavy (non-hydrogen) atoms. The first-order valence-corrected chi connectivity index (χ1v) is 12.2. The fraction of sp³-hybridized carbons (Fsp3) is 0.130. The van der Waals surface area contributed by atoms with Crippen LogP contribution in [0.15, 0.2) is 81.6 Å². The van der Waals surface area contributed by atoms with E-state index < -0.39 is 15.9 Å². The van der Waals surface area contributed by atoms with Gasteiger partial charge in [0.2, 0.25) is 0 Å². The van der Waals surface area contributed by atoms with E-state index >= 15 is 0 Å². The third-order valence-corrected chi connectivity index (χ3v) is 6.64. The second-order valence-corrected chi connectivity index (χ2v) is 9.49. The SMILES string of the molecule is CSc1ccc(C=NNC(=O)c2cccc(S(=O)(=O)Nc3ccc(C)cc3C)c2)cc1. The van der Waals surface area contributed by atoms with E-state index in [0.29, 0.717) is 5.69 Å². The van der Waals surface area contributed by atoms with Gasteiger partial charge in [0.1, 0.15) is 0 Å². The normalized spacial score (nSPS) is 11.5. The van der Waals surface area contributed by atoms with Crippen LogP contribution in [0.4, 0.5) is 5.69 Å². The Morgan fingerprint density at radius 2 is 1.74 bits per heavy atom. The molecule has 0 radical (unpaired) electrons. The summed E-state index contributed by atoms with van der Waals surface area (Å²) in [6.07, 6.45) is 3.53. The number of anilines is 1. The van der Waals surface area contributed by atoms with Crippen LogP contribution in [0.25, 0.3) is 0 Å². The fourth-order valence-corrected chi connectivity index (χ4v) is 4.44. The average Bonchev–Trinajstić information content (AvgIpc) is 2.76. The number of hydrogen-bond acceptors (Lipinski definition) is 5. The first-order valence-electron chi connectivity index (χ1n) is 9.46. The van der Waals surface area contributed by atoms with Crippen LogP contribution in [0.5, 0.6) is 0 Å². The maximum Gasteiger partial charge on any atom is 0.271 e. The Hall–Kier alpha value is -3.10. The summed E-state index contributed by atoms with van der Waals surface area (Å²) in [4.78, 5) is 13.6. The summed E-state index contributed by atoms with van der Waals surface area (Å²) < 4.78 is 28.2. The molecule has 8 heteroatoms. The summed E-state index contributed by atoms with van der Waals surface area (Å²) in [5, 5.41) is 3.96. The van der Waals surface area contributed by atoms with Gasteiger partial charge in [-0.3, -0.25) is 9.52 Å². The van der Waals surface area contributed by atoms with Crippen LogP contribution < -0.4 is 10.1 Å². The summed E-state index contributed by atoms with van der Waals surface area (Å²) in [6, 6.07) is 19.0. The van der Waals surface area contributed by atoms with E-state index in [1.807, 2.05) is 56.5 Å². The van der Waals surface area contributed by atoms with Crippen LogP contribution in [0.3, 0.4) is 0 Å². The first kappa shape index (κ1) is 22.6. The molecule has 3 aromatic carbocycles. The number of hydrogen-bond donors (Lipinski definition) is 2. The zero-order valence-electron chi connectivity index (χ0n) is 17.4. The second kappa shape index (κ2) is 9.80. The van der Waals surface area contributed by atoms with Gasteiger partial charge in [-0.25, -0.2) is 13.8 Å². The quantitative estimate of drug-likeness (QED) is 0.311. The maximum absolute atomic E-state index is 12.8. The molecule has 0 atom stereocenters. The van der Waals surface area contributed by atoms with E-state index in [0.717, 1.165) is 21.6 Å². The smallest absolute Gasteiger partial charge is 0.271 e. The molecule has 3 rings (SSSR count). The molecule has 0 fully saturated rings. The van der Waals surface area contributed by atoms with Crippen molar-refractivity contribution < 1.29 is 13.2 Å². The van der Waals surface area contributed by atoms with Gasteiger partial charge < -0.3 is 0 Å². The van der Waals surface area contributed by atoms with Crippen molar-refractivity contribution in [2.75, 3.05) is 11.0 Å². The second-order valence-electron chi connectivity index (χ2n) is 6.92. The molecule has 0 aliphatic heterocycles. The number of hydrazone groups is 1. The van der Waals surface area contributed by atoms with Gasteiger partial charge in [-0.15, -0.1) is 11.8 Å². The van der Waals surface area contributed by atoms with Gasteiger partial charge >= 0.3 is 0 Å². The Kier molecular flexibility index (Phi) is 7.14. The molecule has 0 bridgehead atoms. The Labute approximate surface area is 186 Å². The molecule has 0 spiro atoms. The average molecular weight is 454 g/mol. The van der Waals surface area contributed by atoms with Gasteiger partial charge in [-0.05, 0) is 67.6 Å². The summed E-state index contributed by atoms with van der Waals surface area (Å²) >= 11 is 1.64. The van der Waals surface area contributed by atoms with Crippen molar-refractivity contribution in [1.29, 1.82) is 0 Å². The molecule has 160 valence electrons. The third-order valence-electron chi connectivity index (χ3n) is 4.53. The maximum atomic E-state index is 12.8. The van der Waals surface area contributed by atoms with Gasteiger partial charge in [0.25, 0.3) is 15.9 Å². The third kappa shape index (κ3) is 5.96. The number of carbonyl (C=O) groups excluding carboxylic acids is 1. The van der Waals surface area contributed by atoms with Crippen LogP contribution in [-0.2, 0) is 10.0 Å². The molecule has 0 saturated heterocycles. The number of nitrogens with zero attached hydrogens (tertiary/aromatic N) is 1. The minimum Gasteiger partial charge on any atom is -0.279 e. The topological polar surface area (TPSA) is 87.6 Å². The molecule has 3 aromatic rings. The van der Waals surface area contributed by atoms with E-state index in [1.165, 1.54) is 30.5 Å². The Bertz CT molecular complexity index is 1220. The minimum atomic E-state index is -3.85. The predicted molar refractivity (Wildman–Crippen MR) is 126 cm³/mol. The highest BCUT2D eigenvalue weighted by molar-refractivity contribution is 7.98. The van der Waals surface area contributed by atoms with Crippen LogP contribution in [0.1, 0.15) is 27.0 Å². The molecule has 0 aliphatic rings. The highest BCUT2D eigenvalue weighted by Crippen LogP contribution is 2.21. The molecule has 1 amide bonds. The van der Waals surface area contributed by atoms with E-state index in [2.05, 4.69) is 15.2 Å². The van der Waals surface area contributed by atoms with Crippen LogP contribution in [0.2, 0.25) is 0 Å². The number of rotatable bonds is 7. The standard InChI is InChI=1S/C23H23N3O3S2/c1-16-7-12-22(17(2)13-16)26-31(28,29)21-6-4-5-19(14-21)23(27)25-24-15-18-8-10-20(30-3)11-9-18/h4-15,26H,1-3H3,(H,25,27). The van der Waals surface area contributed by atoms with Gasteiger partial charge in [0.15, 0.2) is 0 Å². The molecular formula is C23H23N3O3S2. The van der Waals surface area contributed by atoms with Crippen molar-refractivity contribution in [1.82, 2.24) is 5.43 Å².